The molecule has 3 heterocycles. The molecule has 6 amide bonds. The number of nitrogens with zero attached hydrogens (tertiary/aromatic N) is 2. The number of pyridine rings is 1. The minimum atomic E-state index is -0.997. The zero-order valence-corrected chi connectivity index (χ0v) is 33.6. The molecule has 0 saturated carbocycles. The van der Waals surface area contributed by atoms with E-state index in [1.165, 1.54) is 0 Å². The molecule has 4 aromatic rings. The van der Waals surface area contributed by atoms with E-state index in [1.54, 1.807) is 42.6 Å². The molecule has 13 nitrogen and oxygen atoms in total. The zero-order valence-electron chi connectivity index (χ0n) is 33.6. The molecule has 0 bridgehead atoms. The molecule has 304 valence electrons. The van der Waals surface area contributed by atoms with Crippen LogP contribution in [0.1, 0.15) is 139 Å². The first-order valence-corrected chi connectivity index (χ1v) is 20.2. The number of carbonyl (C=O) groups is 6. The Labute approximate surface area is 338 Å². The molecule has 6 rings (SSSR count). The molecule has 1 saturated heterocycles. The largest absolute Gasteiger partial charge is 0.505 e. The van der Waals surface area contributed by atoms with Crippen LogP contribution in [0.2, 0.25) is 0 Å². The monoisotopic (exact) mass is 788 g/mol. The molecule has 1 fully saturated rings. The van der Waals surface area contributed by atoms with E-state index in [-0.39, 0.29) is 46.9 Å². The predicted molar refractivity (Wildman–Crippen MR) is 220 cm³/mol. The van der Waals surface area contributed by atoms with Crippen LogP contribution in [0, 0.1) is 0 Å². The van der Waals surface area contributed by atoms with Gasteiger partial charge in [-0.2, -0.15) is 0 Å². The lowest BCUT2D eigenvalue weighted by Gasteiger charge is -2.27. The summed E-state index contributed by atoms with van der Waals surface area (Å²) in [5.41, 5.74) is 4.00. The average Bonchev–Trinajstić information content (AvgIpc) is 3.44. The van der Waals surface area contributed by atoms with Gasteiger partial charge >= 0.3 is 0 Å². The van der Waals surface area contributed by atoms with Gasteiger partial charge < -0.3 is 21.1 Å². The highest BCUT2D eigenvalue weighted by atomic mass is 16.3. The van der Waals surface area contributed by atoms with Crippen molar-refractivity contribution in [3.63, 3.8) is 0 Å². The Balaban J connectivity index is 0.989. The molecule has 3 aromatic carbocycles. The van der Waals surface area contributed by atoms with Crippen LogP contribution >= 0.6 is 0 Å². The molecule has 2 aliphatic heterocycles. The number of amides is 6. The van der Waals surface area contributed by atoms with Gasteiger partial charge in [-0.3, -0.25) is 44.0 Å². The molecule has 5 N–H and O–H groups in total. The van der Waals surface area contributed by atoms with Gasteiger partial charge in [0.05, 0.1) is 17.2 Å². The summed E-state index contributed by atoms with van der Waals surface area (Å²) in [5.74, 6) is -2.50. The standard InChI is InChI=1S/C45H52N6O7/c1-5-13-36(52)49-38(33-26-34(45(2,3)4)31-16-12-23-47-39(31)40(33)54)27-14-11-15-28(24-27)41(55)48-22-10-8-6-7-9-21-46-29-17-18-30-32(25-29)44(58)51(43(30)57)35-19-20-37(53)50-42(35)56/h11-12,14-18,23-26,35,38,46,54H,5-10,13,19-22H2,1-4H3,(H,48,55)(H,49,52)(H,50,53,56). The molecule has 1 aromatic heterocycles. The van der Waals surface area contributed by atoms with Gasteiger partial charge in [-0.25, -0.2) is 0 Å². The number of benzene rings is 3. The molecule has 13 heteroatoms. The number of hydrogen-bond acceptors (Lipinski definition) is 9. The van der Waals surface area contributed by atoms with E-state index >= 15 is 0 Å². The Morgan fingerprint density at radius 1 is 0.914 bits per heavy atom. The van der Waals surface area contributed by atoms with Crippen LogP contribution in [-0.2, 0) is 19.8 Å². The second-order valence-corrected chi connectivity index (χ2v) is 16.0. The first-order valence-electron chi connectivity index (χ1n) is 20.2. The van der Waals surface area contributed by atoms with Crippen molar-refractivity contribution in [1.82, 2.24) is 25.8 Å². The third kappa shape index (κ3) is 9.19. The third-order valence-electron chi connectivity index (χ3n) is 10.7. The van der Waals surface area contributed by atoms with Crippen LogP contribution in [-0.4, -0.2) is 69.6 Å². The van der Waals surface area contributed by atoms with E-state index in [2.05, 4.69) is 47.0 Å². The number of unbranched alkanes of at least 4 members (excludes halogenated alkanes) is 4. The summed E-state index contributed by atoms with van der Waals surface area (Å²) in [6, 6.07) is 16.1. The average molecular weight is 789 g/mol. The van der Waals surface area contributed by atoms with Gasteiger partial charge in [-0.15, -0.1) is 0 Å². The van der Waals surface area contributed by atoms with Gasteiger partial charge in [0.15, 0.2) is 0 Å². The van der Waals surface area contributed by atoms with Gasteiger partial charge in [0.2, 0.25) is 17.7 Å². The minimum Gasteiger partial charge on any atom is -0.505 e. The minimum absolute atomic E-state index is 0.00599. The van der Waals surface area contributed by atoms with E-state index < -0.39 is 35.7 Å². The molecule has 0 aliphatic carbocycles. The molecule has 0 radical (unpaired) electrons. The number of piperidine rings is 1. The van der Waals surface area contributed by atoms with E-state index in [4.69, 9.17) is 0 Å². The maximum absolute atomic E-state index is 13.3. The summed E-state index contributed by atoms with van der Waals surface area (Å²) >= 11 is 0. The number of aromatic hydroxyl groups is 1. The van der Waals surface area contributed by atoms with Crippen LogP contribution < -0.4 is 21.3 Å². The fourth-order valence-electron chi connectivity index (χ4n) is 7.65. The highest BCUT2D eigenvalue weighted by Crippen LogP contribution is 2.40. The zero-order chi connectivity index (χ0) is 41.6. The second kappa shape index (κ2) is 18.0. The van der Waals surface area contributed by atoms with Gasteiger partial charge in [0.1, 0.15) is 17.3 Å². The lowest BCUT2D eigenvalue weighted by atomic mass is 9.81. The predicted octanol–water partition coefficient (Wildman–Crippen LogP) is 6.44. The van der Waals surface area contributed by atoms with Crippen LogP contribution in [0.4, 0.5) is 5.69 Å². The molecule has 2 unspecified atom stereocenters. The Morgan fingerprint density at radius 3 is 2.40 bits per heavy atom. The van der Waals surface area contributed by atoms with E-state index in [0.717, 1.165) is 48.0 Å². The van der Waals surface area contributed by atoms with E-state index in [0.29, 0.717) is 53.8 Å². The summed E-state index contributed by atoms with van der Waals surface area (Å²) in [7, 11) is 0. The van der Waals surface area contributed by atoms with Gasteiger partial charge in [-0.05, 0) is 84.7 Å². The number of hydrogen-bond donors (Lipinski definition) is 5. The second-order valence-electron chi connectivity index (χ2n) is 16.0. The highest BCUT2D eigenvalue weighted by Gasteiger charge is 2.44. The van der Waals surface area contributed by atoms with Crippen LogP contribution in [0.5, 0.6) is 5.75 Å². The molecule has 2 atom stereocenters. The van der Waals surface area contributed by atoms with Crippen molar-refractivity contribution in [1.29, 1.82) is 0 Å². The fourth-order valence-corrected chi connectivity index (χ4v) is 7.65. The normalized spacial score (nSPS) is 15.9. The molecular formula is C45H52N6O7. The van der Waals surface area contributed by atoms with Crippen molar-refractivity contribution in [2.75, 3.05) is 18.4 Å². The Bertz CT molecular complexity index is 2250. The number of phenolic OH excluding ortho intramolecular Hbond substituents is 1. The first-order chi connectivity index (χ1) is 27.8. The Kier molecular flexibility index (Phi) is 12.9. The SMILES string of the molecule is CCCC(=O)NC(c1cccc(C(=O)NCCCCCCCNc2ccc3c(c2)C(=O)N(C2CCC(=O)NC2=O)C3=O)c1)c1cc(C(C)(C)C)c2cccnc2c1O. The Hall–Kier alpha value is -6.11. The molecule has 58 heavy (non-hydrogen) atoms. The van der Waals surface area contributed by atoms with Crippen LogP contribution in [0.25, 0.3) is 10.9 Å². The van der Waals surface area contributed by atoms with E-state index in [9.17, 15) is 33.9 Å². The number of rotatable bonds is 16. The van der Waals surface area contributed by atoms with Crippen LogP contribution in [0.15, 0.2) is 66.9 Å². The number of phenols is 1. The van der Waals surface area contributed by atoms with Crippen molar-refractivity contribution in [2.24, 2.45) is 0 Å². The van der Waals surface area contributed by atoms with Crippen molar-refractivity contribution >= 4 is 52.0 Å². The summed E-state index contributed by atoms with van der Waals surface area (Å²) < 4.78 is 0. The summed E-state index contributed by atoms with van der Waals surface area (Å²) in [6.07, 6.45) is 7.31. The molecule has 0 spiro atoms. The summed E-state index contributed by atoms with van der Waals surface area (Å²) in [6.45, 7) is 9.38. The fraction of sp³-hybridized carbons (Fsp3) is 0.400. The maximum Gasteiger partial charge on any atom is 0.262 e. The van der Waals surface area contributed by atoms with E-state index in [1.807, 2.05) is 31.2 Å². The smallest absolute Gasteiger partial charge is 0.262 e. The number of carbonyl (C=O) groups excluding carboxylic acids is 6. The number of nitrogens with one attached hydrogen (secondary N) is 4. The molecular weight excluding hydrogens is 737 g/mol. The highest BCUT2D eigenvalue weighted by molar-refractivity contribution is 6.23. The quantitative estimate of drug-likeness (QED) is 0.0630. The van der Waals surface area contributed by atoms with Gasteiger partial charge in [0, 0.05) is 54.3 Å². The topological polar surface area (TPSA) is 187 Å². The van der Waals surface area contributed by atoms with Gasteiger partial charge in [-0.1, -0.05) is 65.2 Å². The molecule has 2 aliphatic rings. The number of fused-ring (bicyclic) bond motifs is 2. The number of anilines is 1. The van der Waals surface area contributed by atoms with Crippen LogP contribution in [0.3, 0.4) is 0 Å². The third-order valence-corrected chi connectivity index (χ3v) is 10.7. The Morgan fingerprint density at radius 2 is 1.66 bits per heavy atom. The lowest BCUT2D eigenvalue weighted by Crippen LogP contribution is -2.54. The lowest BCUT2D eigenvalue weighted by molar-refractivity contribution is -0.136. The summed E-state index contributed by atoms with van der Waals surface area (Å²) in [5, 5.41) is 24.0. The number of imide groups is 2. The summed E-state index contributed by atoms with van der Waals surface area (Å²) in [4.78, 5) is 81.7. The van der Waals surface area contributed by atoms with Crippen molar-refractivity contribution < 1.29 is 33.9 Å². The van der Waals surface area contributed by atoms with Gasteiger partial charge in [0.25, 0.3) is 17.7 Å². The maximum atomic E-state index is 13.3. The van der Waals surface area contributed by atoms with Crippen molar-refractivity contribution in [3.05, 3.63) is 100 Å². The first kappa shape index (κ1) is 41.5. The van der Waals surface area contributed by atoms with Crippen molar-refractivity contribution in [3.8, 4) is 5.75 Å². The number of aromatic nitrogens is 1. The van der Waals surface area contributed by atoms with Crippen molar-refractivity contribution in [2.45, 2.75) is 103 Å².